The highest BCUT2D eigenvalue weighted by Gasteiger charge is 2.24. The van der Waals surface area contributed by atoms with Crippen molar-refractivity contribution in [3.8, 4) is 0 Å². The van der Waals surface area contributed by atoms with Gasteiger partial charge in [-0.2, -0.15) is 0 Å². The van der Waals surface area contributed by atoms with Gasteiger partial charge in [0, 0.05) is 0 Å². The number of carbonyl (C=O) groups is 1. The molecule has 82 valence electrons. The molecule has 1 rings (SSSR count). The number of isocyanates is 2. The Hall–Kier alpha value is -2.03. The molecule has 0 aliphatic carbocycles. The Balaban J connectivity index is 0. The molecule has 0 aromatic rings. The Morgan fingerprint density at radius 2 is 1.73 bits per heavy atom. The second-order valence-corrected chi connectivity index (χ2v) is 2.74. The normalized spacial score (nSPS) is 16.2. The van der Waals surface area contributed by atoms with E-state index >= 15 is 0 Å². The molecule has 1 unspecified atom stereocenters. The summed E-state index contributed by atoms with van der Waals surface area (Å²) in [5.74, 6) is 0.228. The fourth-order valence-electron chi connectivity index (χ4n) is 0.843. The van der Waals surface area contributed by atoms with Crippen LogP contribution in [0.5, 0.6) is 0 Å². The van der Waals surface area contributed by atoms with Gasteiger partial charge in [0.2, 0.25) is 12.2 Å². The van der Waals surface area contributed by atoms with E-state index in [1.807, 2.05) is 13.8 Å². The minimum atomic E-state index is -0.120. The lowest BCUT2D eigenvalue weighted by molar-refractivity contribution is -0.139. The van der Waals surface area contributed by atoms with Gasteiger partial charge in [-0.1, -0.05) is 13.8 Å². The van der Waals surface area contributed by atoms with Gasteiger partial charge in [0.15, 0.2) is 0 Å². The van der Waals surface area contributed by atoms with Crippen LogP contribution >= 0.6 is 0 Å². The van der Waals surface area contributed by atoms with E-state index < -0.39 is 0 Å². The van der Waals surface area contributed by atoms with Gasteiger partial charge in [-0.25, -0.2) is 20.4 Å². The number of nitrogens with one attached hydrogen (secondary N) is 2. The summed E-state index contributed by atoms with van der Waals surface area (Å²) in [6, 6.07) is 0. The van der Waals surface area contributed by atoms with Crippen LogP contribution < -0.4 is 0 Å². The van der Waals surface area contributed by atoms with Crippen molar-refractivity contribution in [1.29, 1.82) is 10.8 Å². The van der Waals surface area contributed by atoms with Gasteiger partial charge in [0.1, 0.15) is 0 Å². The second-order valence-electron chi connectivity index (χ2n) is 2.74. The fraction of sp³-hybridized carbons (Fsp3) is 0.444. The third-order valence-electron chi connectivity index (χ3n) is 1.46. The molecule has 0 aromatic carbocycles. The van der Waals surface area contributed by atoms with Gasteiger partial charge in [-0.15, -0.1) is 0 Å². The van der Waals surface area contributed by atoms with Gasteiger partial charge < -0.3 is 4.74 Å². The van der Waals surface area contributed by atoms with Crippen LogP contribution in [0.1, 0.15) is 13.8 Å². The Labute approximate surface area is 86.9 Å². The monoisotopic (exact) mass is 212 g/mol. The van der Waals surface area contributed by atoms with Crippen molar-refractivity contribution in [2.75, 3.05) is 0 Å². The summed E-state index contributed by atoms with van der Waals surface area (Å²) in [4.78, 5) is 27.4. The maximum absolute atomic E-state index is 10.7. The quantitative estimate of drug-likeness (QED) is 0.385. The molecule has 0 amide bonds. The minimum Gasteiger partial charge on any atom is -0.434 e. The molecule has 0 saturated carbocycles. The number of cyclic esters (lactones) is 1. The van der Waals surface area contributed by atoms with E-state index in [-0.39, 0.29) is 11.9 Å². The van der Waals surface area contributed by atoms with E-state index in [4.69, 9.17) is 20.4 Å². The molecule has 1 atom stereocenters. The Kier molecular flexibility index (Phi) is 10.4. The molecule has 6 heteroatoms. The van der Waals surface area contributed by atoms with Crippen molar-refractivity contribution in [1.82, 2.24) is 0 Å². The highest BCUT2D eigenvalue weighted by molar-refractivity contribution is 5.77. The smallest absolute Gasteiger partial charge is 0.317 e. The molecule has 1 aliphatic heterocycles. The van der Waals surface area contributed by atoms with Crippen LogP contribution in [0.25, 0.3) is 0 Å². The van der Waals surface area contributed by atoms with Gasteiger partial charge in [-0.3, -0.25) is 4.79 Å². The molecule has 0 aromatic heterocycles. The van der Waals surface area contributed by atoms with E-state index in [0.717, 1.165) is 12.2 Å². The van der Waals surface area contributed by atoms with Crippen molar-refractivity contribution in [2.45, 2.75) is 13.8 Å². The third kappa shape index (κ3) is 8.30. The summed E-state index contributed by atoms with van der Waals surface area (Å²) in [6.45, 7) is 4.00. The topological polar surface area (TPSA) is 108 Å². The first-order chi connectivity index (χ1) is 7.04. The average Bonchev–Trinajstić information content (AvgIpc) is 2.54. The number of hydrogen-bond acceptors (Lipinski definition) is 6. The SMILES string of the molecule is CC(C)C1C=COC1=O.N=C=O.N=C=O. The number of rotatable bonds is 1. The van der Waals surface area contributed by atoms with Crippen LogP contribution in [-0.2, 0) is 19.1 Å². The van der Waals surface area contributed by atoms with Gasteiger partial charge >= 0.3 is 5.97 Å². The molecule has 2 N–H and O–H groups in total. The van der Waals surface area contributed by atoms with E-state index in [1.54, 1.807) is 6.08 Å². The zero-order valence-corrected chi connectivity index (χ0v) is 8.44. The van der Waals surface area contributed by atoms with Gasteiger partial charge in [0.05, 0.1) is 12.2 Å². The Morgan fingerprint density at radius 3 is 1.87 bits per heavy atom. The summed E-state index contributed by atoms with van der Waals surface area (Å²) in [6.07, 6.45) is 4.76. The molecular formula is C9H12N2O4. The summed E-state index contributed by atoms with van der Waals surface area (Å²) >= 11 is 0. The van der Waals surface area contributed by atoms with Crippen molar-refractivity contribution >= 4 is 18.1 Å². The predicted molar refractivity (Wildman–Crippen MR) is 50.4 cm³/mol. The van der Waals surface area contributed by atoms with Crippen molar-refractivity contribution in [3.63, 3.8) is 0 Å². The van der Waals surface area contributed by atoms with E-state index in [9.17, 15) is 4.79 Å². The Morgan fingerprint density at radius 1 is 1.33 bits per heavy atom. The van der Waals surface area contributed by atoms with Crippen molar-refractivity contribution in [3.05, 3.63) is 12.3 Å². The lowest BCUT2D eigenvalue weighted by atomic mass is 9.97. The van der Waals surface area contributed by atoms with Crippen LogP contribution in [0.2, 0.25) is 0 Å². The van der Waals surface area contributed by atoms with Gasteiger partial charge in [0.25, 0.3) is 0 Å². The molecule has 0 radical (unpaired) electrons. The number of carbonyl (C=O) groups excluding carboxylic acids is 3. The Bertz CT molecular complexity index is 272. The first-order valence-corrected chi connectivity index (χ1v) is 4.00. The highest BCUT2D eigenvalue weighted by Crippen LogP contribution is 2.18. The first kappa shape index (κ1) is 15.4. The van der Waals surface area contributed by atoms with Crippen LogP contribution in [0.3, 0.4) is 0 Å². The molecular weight excluding hydrogens is 200 g/mol. The zero-order valence-electron chi connectivity index (χ0n) is 8.44. The first-order valence-electron chi connectivity index (χ1n) is 4.00. The second kappa shape index (κ2) is 10.1. The van der Waals surface area contributed by atoms with Gasteiger partial charge in [-0.05, 0) is 12.0 Å². The molecule has 15 heavy (non-hydrogen) atoms. The average molecular weight is 212 g/mol. The maximum Gasteiger partial charge on any atom is 0.317 e. The number of hydrogen-bond donors (Lipinski definition) is 2. The van der Waals surface area contributed by atoms with Crippen LogP contribution in [-0.4, -0.2) is 18.1 Å². The lowest BCUT2D eigenvalue weighted by Crippen LogP contribution is -2.13. The van der Waals surface area contributed by atoms with Crippen LogP contribution in [0.15, 0.2) is 12.3 Å². The molecule has 0 bridgehead atoms. The zero-order chi connectivity index (χ0) is 12.3. The van der Waals surface area contributed by atoms with Crippen molar-refractivity contribution in [2.24, 2.45) is 11.8 Å². The molecule has 0 spiro atoms. The maximum atomic E-state index is 10.7. The molecule has 1 aliphatic rings. The highest BCUT2D eigenvalue weighted by atomic mass is 16.5. The molecule has 0 fully saturated rings. The summed E-state index contributed by atoms with van der Waals surface area (Å²) in [5, 5.41) is 10.8. The summed E-state index contributed by atoms with van der Waals surface area (Å²) < 4.78 is 4.61. The van der Waals surface area contributed by atoms with E-state index in [1.165, 1.54) is 6.26 Å². The molecule has 1 heterocycles. The molecule has 0 saturated heterocycles. The number of ether oxygens (including phenoxy) is 1. The van der Waals surface area contributed by atoms with Crippen LogP contribution in [0, 0.1) is 22.7 Å². The lowest BCUT2D eigenvalue weighted by Gasteiger charge is -2.06. The van der Waals surface area contributed by atoms with E-state index in [2.05, 4.69) is 4.74 Å². The van der Waals surface area contributed by atoms with Crippen molar-refractivity contribution < 1.29 is 19.1 Å². The fourth-order valence-corrected chi connectivity index (χ4v) is 0.843. The summed E-state index contributed by atoms with van der Waals surface area (Å²) in [7, 11) is 0. The van der Waals surface area contributed by atoms with E-state index in [0.29, 0.717) is 5.92 Å². The predicted octanol–water partition coefficient (Wildman–Crippen LogP) is 1.13. The van der Waals surface area contributed by atoms with Crippen LogP contribution in [0.4, 0.5) is 0 Å². The standard InChI is InChI=1S/C7H10O2.2CHNO/c1-5(2)6-3-4-9-7(6)8;2*2-1-3/h3-6H,1-2H3;2*2H. The summed E-state index contributed by atoms with van der Waals surface area (Å²) in [5.41, 5.74) is 0. The largest absolute Gasteiger partial charge is 0.434 e. The number of esters is 1. The minimum absolute atomic E-state index is 0.00926. The molecule has 6 nitrogen and oxygen atoms in total. The third-order valence-corrected chi connectivity index (χ3v) is 1.46.